The van der Waals surface area contributed by atoms with Crippen molar-refractivity contribution >= 4 is 23.7 Å². The van der Waals surface area contributed by atoms with E-state index in [1.807, 2.05) is 51.1 Å². The molecule has 1 heterocycles. The van der Waals surface area contributed by atoms with Crippen LogP contribution in [-0.4, -0.2) is 33.3 Å². The van der Waals surface area contributed by atoms with Crippen LogP contribution in [-0.2, 0) is 22.6 Å². The van der Waals surface area contributed by atoms with Crippen LogP contribution < -0.4 is 21.4 Å². The summed E-state index contributed by atoms with van der Waals surface area (Å²) in [4.78, 5) is 43.2. The standard InChI is InChI=1S/C28H32N4O5/c1-6-21-15-22(11-12-23(21)37-18(2)3)29-25-30-26(34)32(17-28(13-14-28)24(33)36-5)27(35)31(25)16-20-9-7-19(4)8-10-20/h6-12,15,18H,1,13-14,16-17H2,2-5H3,(H,29,30,34). The Hall–Kier alpha value is -4.14. The highest BCUT2D eigenvalue weighted by Gasteiger charge is 2.52. The van der Waals surface area contributed by atoms with Gasteiger partial charge in [-0.15, -0.1) is 0 Å². The van der Waals surface area contributed by atoms with Crippen LogP contribution in [0.25, 0.3) is 6.08 Å². The molecular formula is C28H32N4O5. The van der Waals surface area contributed by atoms with E-state index in [2.05, 4.69) is 16.9 Å². The molecule has 1 aromatic heterocycles. The van der Waals surface area contributed by atoms with Crippen LogP contribution in [0.15, 0.2) is 58.6 Å². The number of anilines is 2. The van der Waals surface area contributed by atoms with Crippen molar-refractivity contribution in [3.05, 3.63) is 86.7 Å². The van der Waals surface area contributed by atoms with Gasteiger partial charge in [0.15, 0.2) is 0 Å². The molecule has 3 aromatic rings. The lowest BCUT2D eigenvalue weighted by molar-refractivity contribution is -0.147. The number of hydrogen-bond donors (Lipinski definition) is 1. The number of methoxy groups -OCH3 is 1. The van der Waals surface area contributed by atoms with Gasteiger partial charge in [-0.05, 0) is 57.4 Å². The summed E-state index contributed by atoms with van der Waals surface area (Å²) < 4.78 is 13.2. The van der Waals surface area contributed by atoms with Gasteiger partial charge in [0.1, 0.15) is 5.75 Å². The van der Waals surface area contributed by atoms with Gasteiger partial charge in [-0.1, -0.05) is 42.5 Å². The van der Waals surface area contributed by atoms with Crippen molar-refractivity contribution in [2.24, 2.45) is 5.41 Å². The number of nitrogens with zero attached hydrogens (tertiary/aromatic N) is 3. The van der Waals surface area contributed by atoms with Crippen molar-refractivity contribution in [3.63, 3.8) is 0 Å². The van der Waals surface area contributed by atoms with Crippen molar-refractivity contribution < 1.29 is 14.3 Å². The van der Waals surface area contributed by atoms with Crippen molar-refractivity contribution in [1.82, 2.24) is 14.1 Å². The molecule has 0 bridgehead atoms. The Kier molecular flexibility index (Phi) is 7.33. The minimum Gasteiger partial charge on any atom is -0.490 e. The summed E-state index contributed by atoms with van der Waals surface area (Å²) in [6, 6.07) is 13.2. The first-order valence-corrected chi connectivity index (χ1v) is 12.2. The zero-order valence-electron chi connectivity index (χ0n) is 21.6. The minimum atomic E-state index is -0.860. The zero-order valence-corrected chi connectivity index (χ0v) is 21.6. The summed E-state index contributed by atoms with van der Waals surface area (Å²) in [7, 11) is 1.31. The highest BCUT2D eigenvalue weighted by molar-refractivity contribution is 5.79. The number of nitrogens with one attached hydrogen (secondary N) is 1. The Morgan fingerprint density at radius 2 is 1.86 bits per heavy atom. The number of rotatable bonds is 10. The average Bonchev–Trinajstić information content (AvgIpc) is 3.66. The smallest absolute Gasteiger partial charge is 0.354 e. The number of carbonyl (C=O) groups excluding carboxylic acids is 1. The van der Waals surface area contributed by atoms with Crippen molar-refractivity contribution in [1.29, 1.82) is 0 Å². The van der Waals surface area contributed by atoms with E-state index in [1.54, 1.807) is 18.2 Å². The quantitative estimate of drug-likeness (QED) is 0.418. The van der Waals surface area contributed by atoms with Crippen LogP contribution in [0.4, 0.5) is 11.6 Å². The third-order valence-corrected chi connectivity index (χ3v) is 6.39. The Morgan fingerprint density at radius 1 is 1.16 bits per heavy atom. The van der Waals surface area contributed by atoms with Gasteiger partial charge in [0, 0.05) is 17.8 Å². The number of esters is 1. The first kappa shape index (κ1) is 25.9. The van der Waals surface area contributed by atoms with Crippen LogP contribution in [0.5, 0.6) is 5.75 Å². The molecule has 0 amide bonds. The number of ether oxygens (including phenoxy) is 2. The third-order valence-electron chi connectivity index (χ3n) is 6.39. The zero-order chi connectivity index (χ0) is 26.7. The molecule has 1 fully saturated rings. The van der Waals surface area contributed by atoms with Crippen molar-refractivity contribution in [2.75, 3.05) is 12.4 Å². The fourth-order valence-corrected chi connectivity index (χ4v) is 4.15. The molecule has 0 atom stereocenters. The molecule has 9 heteroatoms. The van der Waals surface area contributed by atoms with E-state index in [-0.39, 0.29) is 25.1 Å². The molecule has 0 spiro atoms. The third kappa shape index (κ3) is 5.66. The summed E-state index contributed by atoms with van der Waals surface area (Å²) in [5, 5.41) is 3.12. The lowest BCUT2D eigenvalue weighted by Gasteiger charge is -2.19. The maximum Gasteiger partial charge on any atom is 0.354 e. The van der Waals surface area contributed by atoms with E-state index in [0.717, 1.165) is 21.3 Å². The molecule has 1 N–H and O–H groups in total. The second-order valence-electron chi connectivity index (χ2n) is 9.68. The molecule has 194 valence electrons. The Bertz CT molecular complexity index is 1430. The SMILES string of the molecule is C=Cc1cc(Nc2nc(=O)n(CC3(C(=O)OC)CC3)c(=O)n2Cc2ccc(C)cc2)ccc1OC(C)C. The van der Waals surface area contributed by atoms with Gasteiger partial charge < -0.3 is 14.8 Å². The molecule has 1 saturated carbocycles. The van der Waals surface area contributed by atoms with Crippen LogP contribution >= 0.6 is 0 Å². The molecule has 0 aliphatic heterocycles. The maximum absolute atomic E-state index is 13.6. The summed E-state index contributed by atoms with van der Waals surface area (Å²) in [6.45, 7) is 9.83. The largest absolute Gasteiger partial charge is 0.490 e. The number of carbonyl (C=O) groups is 1. The molecule has 0 saturated heterocycles. The van der Waals surface area contributed by atoms with E-state index in [0.29, 0.717) is 24.3 Å². The summed E-state index contributed by atoms with van der Waals surface area (Å²) in [5.74, 6) is 0.350. The van der Waals surface area contributed by atoms with Gasteiger partial charge in [0.2, 0.25) is 5.95 Å². The first-order chi connectivity index (χ1) is 17.7. The normalized spacial score (nSPS) is 13.8. The second-order valence-corrected chi connectivity index (χ2v) is 9.68. The number of benzene rings is 2. The van der Waals surface area contributed by atoms with Gasteiger partial charge in [0.05, 0.1) is 25.2 Å². The van der Waals surface area contributed by atoms with Crippen LogP contribution in [0, 0.1) is 12.3 Å². The average molecular weight is 505 g/mol. The number of aromatic nitrogens is 3. The molecule has 1 aliphatic rings. The lowest BCUT2D eigenvalue weighted by Crippen LogP contribution is -2.45. The topological polar surface area (TPSA) is 104 Å². The lowest BCUT2D eigenvalue weighted by atomic mass is 10.1. The van der Waals surface area contributed by atoms with E-state index in [9.17, 15) is 14.4 Å². The predicted molar refractivity (Wildman–Crippen MR) is 142 cm³/mol. The molecule has 2 aromatic carbocycles. The van der Waals surface area contributed by atoms with Gasteiger partial charge in [-0.25, -0.2) is 14.2 Å². The second kappa shape index (κ2) is 10.5. The minimum absolute atomic E-state index is 0.00814. The van der Waals surface area contributed by atoms with E-state index < -0.39 is 22.8 Å². The number of hydrogen-bond acceptors (Lipinski definition) is 7. The molecular weight excluding hydrogens is 472 g/mol. The van der Waals surface area contributed by atoms with Crippen LogP contribution in [0.3, 0.4) is 0 Å². The Balaban J connectivity index is 1.76. The van der Waals surface area contributed by atoms with Crippen LogP contribution in [0.1, 0.15) is 43.4 Å². The fourth-order valence-electron chi connectivity index (χ4n) is 4.15. The van der Waals surface area contributed by atoms with E-state index in [1.165, 1.54) is 11.7 Å². The molecule has 9 nitrogen and oxygen atoms in total. The summed E-state index contributed by atoms with van der Waals surface area (Å²) in [5.41, 5.74) is 1.18. The number of aryl methyl sites for hydroxylation is 1. The molecule has 0 radical (unpaired) electrons. The molecule has 37 heavy (non-hydrogen) atoms. The van der Waals surface area contributed by atoms with Gasteiger partial charge in [-0.2, -0.15) is 4.98 Å². The fraction of sp³-hybridized carbons (Fsp3) is 0.357. The highest BCUT2D eigenvalue weighted by Crippen LogP contribution is 2.47. The Labute approximate surface area is 215 Å². The highest BCUT2D eigenvalue weighted by atomic mass is 16.5. The van der Waals surface area contributed by atoms with Crippen molar-refractivity contribution in [2.45, 2.75) is 52.8 Å². The van der Waals surface area contributed by atoms with Gasteiger partial charge >= 0.3 is 17.3 Å². The van der Waals surface area contributed by atoms with Crippen LogP contribution in [0.2, 0.25) is 0 Å². The molecule has 0 unspecified atom stereocenters. The Morgan fingerprint density at radius 3 is 2.46 bits per heavy atom. The first-order valence-electron chi connectivity index (χ1n) is 12.2. The summed E-state index contributed by atoms with van der Waals surface area (Å²) >= 11 is 0. The van der Waals surface area contributed by atoms with Gasteiger partial charge in [0.25, 0.3) is 0 Å². The van der Waals surface area contributed by atoms with E-state index >= 15 is 0 Å². The van der Waals surface area contributed by atoms with E-state index in [4.69, 9.17) is 9.47 Å². The summed E-state index contributed by atoms with van der Waals surface area (Å²) in [6.07, 6.45) is 2.78. The molecule has 4 rings (SSSR count). The maximum atomic E-state index is 13.6. The van der Waals surface area contributed by atoms with Crippen molar-refractivity contribution in [3.8, 4) is 5.75 Å². The predicted octanol–water partition coefficient (Wildman–Crippen LogP) is 3.89. The monoisotopic (exact) mass is 504 g/mol. The molecule has 1 aliphatic carbocycles. The van der Waals surface area contributed by atoms with Gasteiger partial charge in [-0.3, -0.25) is 9.36 Å².